The summed E-state index contributed by atoms with van der Waals surface area (Å²) >= 11 is 5.25. The number of fused-ring (bicyclic) bond motifs is 1. The smallest absolute Gasteiger partial charge is 0.291 e. The molecule has 1 fully saturated rings. The number of imidazole rings is 1. The van der Waals surface area contributed by atoms with E-state index < -0.39 is 35.3 Å². The Hall–Kier alpha value is -3.21. The first-order valence-electron chi connectivity index (χ1n) is 11.2. The predicted molar refractivity (Wildman–Crippen MR) is 122 cm³/mol. The van der Waals surface area contributed by atoms with Crippen LogP contribution in [0.1, 0.15) is 55.4 Å². The zero-order valence-electron chi connectivity index (χ0n) is 18.6. The van der Waals surface area contributed by atoms with Crippen molar-refractivity contribution in [2.75, 3.05) is 6.54 Å². The lowest BCUT2D eigenvalue weighted by Crippen LogP contribution is -2.56. The van der Waals surface area contributed by atoms with Gasteiger partial charge in [-0.25, -0.2) is 14.4 Å². The first-order valence-corrected chi connectivity index (χ1v) is 11.6. The summed E-state index contributed by atoms with van der Waals surface area (Å²) < 4.78 is 15.1. The van der Waals surface area contributed by atoms with Crippen LogP contribution in [0.3, 0.4) is 0 Å². The van der Waals surface area contributed by atoms with Crippen LogP contribution in [-0.2, 0) is 14.4 Å². The van der Waals surface area contributed by atoms with Crippen molar-refractivity contribution in [2.24, 2.45) is 11.7 Å². The van der Waals surface area contributed by atoms with E-state index in [-0.39, 0.29) is 24.6 Å². The topological polar surface area (TPSA) is 139 Å². The zero-order chi connectivity index (χ0) is 24.7. The Balaban J connectivity index is 1.76. The number of nitrogens with zero attached hydrogens (tertiary/aromatic N) is 3. The molecular weight excluding hydrogens is 467 g/mol. The molecule has 0 bridgehead atoms. The van der Waals surface area contributed by atoms with Crippen LogP contribution in [0, 0.1) is 5.92 Å². The molecule has 2 aromatic heterocycles. The molecule has 4 N–H and O–H groups in total. The molecule has 34 heavy (non-hydrogen) atoms. The summed E-state index contributed by atoms with van der Waals surface area (Å²) in [7, 11) is 0. The normalized spacial score (nSPS) is 15.9. The number of amides is 4. The fourth-order valence-electron chi connectivity index (χ4n) is 4.04. The number of pyridine rings is 1. The first-order chi connectivity index (χ1) is 16.2. The number of nitrogens with two attached hydrogens (primary N) is 1. The van der Waals surface area contributed by atoms with Gasteiger partial charge in [0, 0.05) is 18.8 Å². The highest BCUT2D eigenvalue weighted by molar-refractivity contribution is 6.29. The minimum Gasteiger partial charge on any atom is -0.370 e. The van der Waals surface area contributed by atoms with Crippen LogP contribution < -0.4 is 16.5 Å². The Kier molecular flexibility index (Phi) is 8.80. The summed E-state index contributed by atoms with van der Waals surface area (Å²) in [5.74, 6) is -3.06. The molecule has 12 heteroatoms. The second-order valence-electron chi connectivity index (χ2n) is 8.34. The number of carbonyl (C=O) groups excluding carboxylic acids is 4. The van der Waals surface area contributed by atoms with Crippen LogP contribution in [0.2, 0.25) is 0 Å². The van der Waals surface area contributed by atoms with Crippen molar-refractivity contribution in [3.63, 3.8) is 0 Å². The summed E-state index contributed by atoms with van der Waals surface area (Å²) in [4.78, 5) is 53.5. The van der Waals surface area contributed by atoms with Gasteiger partial charge in [-0.3, -0.25) is 24.6 Å². The van der Waals surface area contributed by atoms with Crippen LogP contribution in [-0.4, -0.2) is 56.2 Å². The molecule has 1 saturated carbocycles. The fourth-order valence-corrected chi connectivity index (χ4v) is 4.15. The Labute approximate surface area is 201 Å². The molecule has 2 aromatic rings. The molecule has 1 aliphatic carbocycles. The molecule has 0 aliphatic heterocycles. The largest absolute Gasteiger partial charge is 0.370 e. The number of nitrogens with one attached hydrogen (secondary N) is 2. The van der Waals surface area contributed by atoms with Gasteiger partial charge in [0.2, 0.25) is 5.91 Å². The van der Waals surface area contributed by atoms with E-state index in [1.807, 2.05) is 0 Å². The van der Waals surface area contributed by atoms with Crippen molar-refractivity contribution >= 4 is 40.9 Å². The van der Waals surface area contributed by atoms with Gasteiger partial charge in [0.15, 0.2) is 0 Å². The second kappa shape index (κ2) is 11.8. The van der Waals surface area contributed by atoms with E-state index in [1.54, 1.807) is 35.0 Å². The summed E-state index contributed by atoms with van der Waals surface area (Å²) in [6.45, 7) is -0.358. The van der Waals surface area contributed by atoms with E-state index in [1.165, 1.54) is 0 Å². The number of hydrazine groups is 1. The highest BCUT2D eigenvalue weighted by Gasteiger charge is 2.31. The van der Waals surface area contributed by atoms with E-state index in [0.717, 1.165) is 32.1 Å². The van der Waals surface area contributed by atoms with Gasteiger partial charge in [0.05, 0.1) is 6.54 Å². The van der Waals surface area contributed by atoms with Crippen LogP contribution in [0.5, 0.6) is 0 Å². The quantitative estimate of drug-likeness (QED) is 0.359. The van der Waals surface area contributed by atoms with Crippen molar-refractivity contribution in [3.05, 3.63) is 36.3 Å². The molecule has 1 aliphatic rings. The third kappa shape index (κ3) is 6.89. The standard InChI is InChI=1S/C22H28ClFN6O4/c23-19(24)22(34)30(11-9-17(25)31)28-21(33)15(12-14-6-2-1-3-7-14)27-20(32)16-13-29-10-5-4-8-18(29)26-16/h4-5,8,10,13-15,19H,1-3,6-7,9,11-12H2,(H2,25,31)(H,27,32)(H,28,33). The summed E-state index contributed by atoms with van der Waals surface area (Å²) in [6.07, 6.45) is 8.30. The van der Waals surface area contributed by atoms with E-state index >= 15 is 0 Å². The van der Waals surface area contributed by atoms with Crippen molar-refractivity contribution in [2.45, 2.75) is 56.6 Å². The minimum absolute atomic E-state index is 0.124. The minimum atomic E-state index is -2.42. The van der Waals surface area contributed by atoms with Crippen LogP contribution in [0.15, 0.2) is 30.6 Å². The number of hydrogen-bond acceptors (Lipinski definition) is 5. The second-order valence-corrected chi connectivity index (χ2v) is 8.72. The molecule has 10 nitrogen and oxygen atoms in total. The third-order valence-electron chi connectivity index (χ3n) is 5.79. The number of hydrogen-bond donors (Lipinski definition) is 3. The molecule has 0 spiro atoms. The molecule has 3 rings (SSSR count). The van der Waals surface area contributed by atoms with Gasteiger partial charge in [0.25, 0.3) is 23.4 Å². The lowest BCUT2D eigenvalue weighted by Gasteiger charge is -2.29. The van der Waals surface area contributed by atoms with E-state index in [2.05, 4.69) is 15.7 Å². The molecule has 4 amide bonds. The van der Waals surface area contributed by atoms with Gasteiger partial charge in [-0.15, -0.1) is 0 Å². The number of halogens is 2. The Morgan fingerprint density at radius 2 is 1.97 bits per heavy atom. The molecule has 0 aromatic carbocycles. The fraction of sp³-hybridized carbons (Fsp3) is 0.500. The molecular formula is C22H28ClFN6O4. The van der Waals surface area contributed by atoms with Crippen molar-refractivity contribution in [1.82, 2.24) is 25.1 Å². The molecule has 184 valence electrons. The van der Waals surface area contributed by atoms with Crippen molar-refractivity contribution in [1.29, 1.82) is 0 Å². The van der Waals surface area contributed by atoms with Crippen molar-refractivity contribution in [3.8, 4) is 0 Å². The molecule has 0 saturated heterocycles. The van der Waals surface area contributed by atoms with Crippen LogP contribution in [0.4, 0.5) is 4.39 Å². The maximum absolute atomic E-state index is 13.5. The number of alkyl halides is 2. The van der Waals surface area contributed by atoms with Gasteiger partial charge < -0.3 is 15.5 Å². The highest BCUT2D eigenvalue weighted by atomic mass is 35.5. The SMILES string of the molecule is NC(=O)CCN(NC(=O)C(CC1CCCCC1)NC(=O)c1cn2ccccc2n1)C(=O)C(F)Cl. The van der Waals surface area contributed by atoms with Gasteiger partial charge in [-0.2, -0.15) is 0 Å². The molecule has 2 heterocycles. The van der Waals surface area contributed by atoms with Gasteiger partial charge in [0.1, 0.15) is 17.4 Å². The van der Waals surface area contributed by atoms with Crippen molar-refractivity contribution < 1.29 is 23.6 Å². The highest BCUT2D eigenvalue weighted by Crippen LogP contribution is 2.27. The van der Waals surface area contributed by atoms with Gasteiger partial charge in [-0.05, 0) is 24.5 Å². The first kappa shape index (κ1) is 25.4. The van der Waals surface area contributed by atoms with Crippen LogP contribution >= 0.6 is 11.6 Å². The third-order valence-corrected chi connectivity index (χ3v) is 5.98. The number of aromatic nitrogens is 2. The predicted octanol–water partition coefficient (Wildman–Crippen LogP) is 1.67. The number of primary amides is 1. The molecule has 0 radical (unpaired) electrons. The lowest BCUT2D eigenvalue weighted by molar-refractivity contribution is -0.144. The van der Waals surface area contributed by atoms with Crippen LogP contribution in [0.25, 0.3) is 5.65 Å². The maximum atomic E-state index is 13.5. The Morgan fingerprint density at radius 3 is 2.62 bits per heavy atom. The Bertz CT molecular complexity index is 1010. The number of rotatable bonds is 9. The zero-order valence-corrected chi connectivity index (χ0v) is 19.3. The number of carbonyl (C=O) groups is 4. The molecule has 2 unspecified atom stereocenters. The average molecular weight is 495 g/mol. The average Bonchev–Trinajstić information content (AvgIpc) is 3.25. The summed E-state index contributed by atoms with van der Waals surface area (Å²) in [5.41, 5.74) is 5.68. The van der Waals surface area contributed by atoms with E-state index in [0.29, 0.717) is 17.1 Å². The monoisotopic (exact) mass is 494 g/mol. The van der Waals surface area contributed by atoms with Gasteiger partial charge >= 0.3 is 0 Å². The Morgan fingerprint density at radius 1 is 1.24 bits per heavy atom. The van der Waals surface area contributed by atoms with Gasteiger partial charge in [-0.1, -0.05) is 49.8 Å². The lowest BCUT2D eigenvalue weighted by atomic mass is 9.84. The summed E-state index contributed by atoms with van der Waals surface area (Å²) in [5, 5.41) is 3.32. The maximum Gasteiger partial charge on any atom is 0.291 e. The van der Waals surface area contributed by atoms with E-state index in [4.69, 9.17) is 17.3 Å². The summed E-state index contributed by atoms with van der Waals surface area (Å²) in [6, 6.07) is 4.31. The van der Waals surface area contributed by atoms with E-state index in [9.17, 15) is 23.6 Å². The molecule has 2 atom stereocenters.